The second-order valence-electron chi connectivity index (χ2n) is 9.58. The van der Waals surface area contributed by atoms with Gasteiger partial charge in [0.25, 0.3) is 0 Å². The number of ether oxygens (including phenoxy) is 2. The zero-order valence-electron chi connectivity index (χ0n) is 21.0. The van der Waals surface area contributed by atoms with Gasteiger partial charge < -0.3 is 24.6 Å². The number of hydrogen-bond donors (Lipinski definition) is 1. The average molecular weight is 498 g/mol. The van der Waals surface area contributed by atoms with Crippen molar-refractivity contribution in [2.75, 3.05) is 62.8 Å². The highest BCUT2D eigenvalue weighted by atomic mass is 16.5. The monoisotopic (exact) mass is 497 g/mol. The number of nitrogens with one attached hydrogen (secondary N) is 1. The maximum atomic E-state index is 6.14. The van der Waals surface area contributed by atoms with E-state index in [9.17, 15) is 0 Å². The highest BCUT2D eigenvalue weighted by molar-refractivity contribution is 5.92. The molecule has 0 bridgehead atoms. The quantitative estimate of drug-likeness (QED) is 0.395. The molecule has 190 valence electrons. The minimum Gasteiger partial charge on any atom is -0.493 e. The van der Waals surface area contributed by atoms with Crippen LogP contribution in [0.3, 0.4) is 0 Å². The van der Waals surface area contributed by atoms with Gasteiger partial charge in [0.1, 0.15) is 12.1 Å². The maximum absolute atomic E-state index is 6.14. The van der Waals surface area contributed by atoms with Crippen LogP contribution in [0.15, 0.2) is 61.2 Å². The molecule has 2 aliphatic heterocycles. The van der Waals surface area contributed by atoms with Gasteiger partial charge in [-0.1, -0.05) is 30.3 Å². The Bertz CT molecular complexity index is 1340. The van der Waals surface area contributed by atoms with Gasteiger partial charge in [-0.05, 0) is 17.2 Å². The van der Waals surface area contributed by atoms with Crippen LogP contribution in [-0.2, 0) is 6.42 Å². The van der Waals surface area contributed by atoms with Crippen LogP contribution < -0.4 is 24.6 Å². The minimum atomic E-state index is 0.537. The lowest BCUT2D eigenvalue weighted by Gasteiger charge is -2.35. The zero-order valence-corrected chi connectivity index (χ0v) is 21.0. The number of benzene rings is 2. The van der Waals surface area contributed by atoms with Gasteiger partial charge >= 0.3 is 0 Å². The first kappa shape index (κ1) is 23.4. The number of fused-ring (bicyclic) bond motifs is 1. The van der Waals surface area contributed by atoms with Crippen LogP contribution in [0.1, 0.15) is 11.1 Å². The third-order valence-corrected chi connectivity index (χ3v) is 7.05. The molecule has 2 fully saturated rings. The van der Waals surface area contributed by atoms with E-state index in [-0.39, 0.29) is 0 Å². The molecular formula is C28H31N7O2. The van der Waals surface area contributed by atoms with Gasteiger partial charge in [-0.3, -0.25) is 0 Å². The van der Waals surface area contributed by atoms with Crippen molar-refractivity contribution in [1.29, 1.82) is 0 Å². The van der Waals surface area contributed by atoms with Gasteiger partial charge in [0.2, 0.25) is 5.95 Å². The van der Waals surface area contributed by atoms with E-state index in [1.165, 1.54) is 5.56 Å². The molecule has 37 heavy (non-hydrogen) atoms. The van der Waals surface area contributed by atoms with E-state index in [2.05, 4.69) is 59.3 Å². The summed E-state index contributed by atoms with van der Waals surface area (Å²) in [6, 6.07) is 14.4. The molecule has 6 rings (SSSR count). The predicted molar refractivity (Wildman–Crippen MR) is 144 cm³/mol. The van der Waals surface area contributed by atoms with Gasteiger partial charge in [0.05, 0.1) is 19.2 Å². The summed E-state index contributed by atoms with van der Waals surface area (Å²) < 4.78 is 11.7. The van der Waals surface area contributed by atoms with Crippen LogP contribution in [0, 0.1) is 5.92 Å². The van der Waals surface area contributed by atoms with Gasteiger partial charge in [0, 0.05) is 75.5 Å². The summed E-state index contributed by atoms with van der Waals surface area (Å²) >= 11 is 0. The molecule has 0 radical (unpaired) electrons. The van der Waals surface area contributed by atoms with E-state index in [1.54, 1.807) is 13.4 Å². The fraction of sp³-hybridized carbons (Fsp3) is 0.357. The first-order chi connectivity index (χ1) is 18.3. The fourth-order valence-corrected chi connectivity index (χ4v) is 4.80. The fourth-order valence-electron chi connectivity index (χ4n) is 4.80. The van der Waals surface area contributed by atoms with Crippen molar-refractivity contribution >= 4 is 22.7 Å². The van der Waals surface area contributed by atoms with Gasteiger partial charge in [-0.25, -0.2) is 19.9 Å². The van der Waals surface area contributed by atoms with Crippen LogP contribution in [0.4, 0.5) is 11.8 Å². The third-order valence-electron chi connectivity index (χ3n) is 7.05. The molecule has 9 nitrogen and oxygen atoms in total. The van der Waals surface area contributed by atoms with E-state index >= 15 is 0 Å². The predicted octanol–water partition coefficient (Wildman–Crippen LogP) is 2.94. The Labute approximate surface area is 216 Å². The van der Waals surface area contributed by atoms with Crippen molar-refractivity contribution in [3.8, 4) is 11.5 Å². The van der Waals surface area contributed by atoms with E-state index in [1.807, 2.05) is 30.6 Å². The van der Waals surface area contributed by atoms with Crippen molar-refractivity contribution in [1.82, 2.24) is 25.3 Å². The molecule has 2 aromatic heterocycles. The largest absolute Gasteiger partial charge is 0.493 e. The summed E-state index contributed by atoms with van der Waals surface area (Å²) in [5, 5.41) is 4.26. The Morgan fingerprint density at radius 3 is 2.32 bits per heavy atom. The molecule has 0 spiro atoms. The Morgan fingerprint density at radius 2 is 1.62 bits per heavy atom. The Kier molecular flexibility index (Phi) is 6.68. The molecule has 9 heteroatoms. The molecule has 1 N–H and O–H groups in total. The minimum absolute atomic E-state index is 0.537. The topological polar surface area (TPSA) is 88.5 Å². The van der Waals surface area contributed by atoms with E-state index in [4.69, 9.17) is 9.47 Å². The number of piperazine rings is 1. The highest BCUT2D eigenvalue weighted by Gasteiger charge is 2.23. The maximum Gasteiger partial charge on any atom is 0.225 e. The Hall–Kier alpha value is -3.98. The smallest absolute Gasteiger partial charge is 0.225 e. The second kappa shape index (κ2) is 10.6. The van der Waals surface area contributed by atoms with E-state index < -0.39 is 0 Å². The number of anilines is 2. The summed E-state index contributed by atoms with van der Waals surface area (Å²) in [4.78, 5) is 23.0. The lowest BCUT2D eigenvalue weighted by atomic mass is 10.1. The standard InChI is InChI=1S/C28H31N7O2/c1-36-25-13-24-23(12-26(25)37-18-22-14-29-15-22)27(33-19-32-24)34-7-9-35(10-8-34)28-30-16-21(17-31-28)11-20-5-3-2-4-6-20/h2-6,12-13,16-17,19,22,29H,7-11,14-15,18H2,1H3. The van der Waals surface area contributed by atoms with Crippen LogP contribution >= 0.6 is 0 Å². The van der Waals surface area contributed by atoms with Crippen LogP contribution in [0.5, 0.6) is 11.5 Å². The van der Waals surface area contributed by atoms with Crippen molar-refractivity contribution in [3.05, 3.63) is 72.3 Å². The van der Waals surface area contributed by atoms with Gasteiger partial charge in [0.15, 0.2) is 11.5 Å². The molecular weight excluding hydrogens is 466 g/mol. The summed E-state index contributed by atoms with van der Waals surface area (Å²) in [5.74, 6) is 3.66. The van der Waals surface area contributed by atoms with Crippen LogP contribution in [0.2, 0.25) is 0 Å². The van der Waals surface area contributed by atoms with Crippen molar-refractivity contribution in [3.63, 3.8) is 0 Å². The molecule has 0 atom stereocenters. The molecule has 2 aromatic carbocycles. The van der Waals surface area contributed by atoms with E-state index in [0.717, 1.165) is 79.7 Å². The average Bonchev–Trinajstić information content (AvgIpc) is 2.92. The highest BCUT2D eigenvalue weighted by Crippen LogP contribution is 2.35. The third kappa shape index (κ3) is 5.13. The number of methoxy groups -OCH3 is 1. The molecule has 0 aliphatic carbocycles. The first-order valence-corrected chi connectivity index (χ1v) is 12.8. The summed E-state index contributed by atoms with van der Waals surface area (Å²) in [7, 11) is 1.66. The molecule has 2 aliphatic rings. The summed E-state index contributed by atoms with van der Waals surface area (Å²) in [5.41, 5.74) is 3.22. The SMILES string of the molecule is COc1cc2ncnc(N3CCN(c4ncc(Cc5ccccc5)cn4)CC3)c2cc1OCC1CNC1. The molecule has 0 saturated carbocycles. The lowest BCUT2D eigenvalue weighted by molar-refractivity contribution is 0.193. The number of nitrogens with zero attached hydrogens (tertiary/aromatic N) is 6. The normalized spacial score (nSPS) is 16.0. The molecule has 0 amide bonds. The van der Waals surface area contributed by atoms with Crippen LogP contribution in [0.25, 0.3) is 10.9 Å². The molecule has 2 saturated heterocycles. The van der Waals surface area contributed by atoms with Crippen LogP contribution in [-0.4, -0.2) is 72.9 Å². The molecule has 4 heterocycles. The first-order valence-electron chi connectivity index (χ1n) is 12.8. The number of rotatable bonds is 8. The summed E-state index contributed by atoms with van der Waals surface area (Å²) in [6.07, 6.45) is 6.34. The zero-order chi connectivity index (χ0) is 25.0. The lowest BCUT2D eigenvalue weighted by Crippen LogP contribution is -2.47. The van der Waals surface area contributed by atoms with Crippen molar-refractivity contribution < 1.29 is 9.47 Å². The molecule has 4 aromatic rings. The Morgan fingerprint density at radius 1 is 0.865 bits per heavy atom. The van der Waals surface area contributed by atoms with Gasteiger partial charge in [-0.2, -0.15) is 0 Å². The molecule has 0 unspecified atom stereocenters. The Balaban J connectivity index is 1.14. The number of aromatic nitrogens is 4. The van der Waals surface area contributed by atoms with Crippen molar-refractivity contribution in [2.24, 2.45) is 5.92 Å². The van der Waals surface area contributed by atoms with Crippen molar-refractivity contribution in [2.45, 2.75) is 6.42 Å². The van der Waals surface area contributed by atoms with Gasteiger partial charge in [-0.15, -0.1) is 0 Å². The second-order valence-corrected chi connectivity index (χ2v) is 9.58. The number of hydrogen-bond acceptors (Lipinski definition) is 9. The summed E-state index contributed by atoms with van der Waals surface area (Å²) in [6.45, 7) is 5.92. The van der Waals surface area contributed by atoms with E-state index in [0.29, 0.717) is 18.3 Å².